The molecule has 1 unspecified atom stereocenters. The van der Waals surface area contributed by atoms with E-state index >= 15 is 0 Å². The average molecular weight is 259 g/mol. The molecule has 0 aliphatic rings. The van der Waals surface area contributed by atoms with Crippen LogP contribution in [-0.2, 0) is 19.1 Å². The van der Waals surface area contributed by atoms with E-state index in [9.17, 15) is 9.59 Å². The molecule has 0 heterocycles. The molecule has 5 heteroatoms. The molecule has 106 valence electrons. The second kappa shape index (κ2) is 8.34. The van der Waals surface area contributed by atoms with Gasteiger partial charge in [0.1, 0.15) is 18.3 Å². The van der Waals surface area contributed by atoms with Crippen LogP contribution in [0.1, 0.15) is 46.5 Å². The highest BCUT2D eigenvalue weighted by atomic mass is 16.5. The van der Waals surface area contributed by atoms with E-state index in [2.05, 4.69) is 0 Å². The third-order valence-electron chi connectivity index (χ3n) is 2.62. The predicted octanol–water partition coefficient (Wildman–Crippen LogP) is 1.43. The monoisotopic (exact) mass is 259 g/mol. The third kappa shape index (κ3) is 9.27. The molecular formula is C13H25NO4. The lowest BCUT2D eigenvalue weighted by molar-refractivity contribution is -0.113. The van der Waals surface area contributed by atoms with Gasteiger partial charge in [0.15, 0.2) is 0 Å². The highest BCUT2D eigenvalue weighted by Gasteiger charge is 2.22. The fourth-order valence-electron chi connectivity index (χ4n) is 1.42. The fraction of sp³-hybridized carbons (Fsp3) is 0.846. The Balaban J connectivity index is 3.86. The first kappa shape index (κ1) is 17.2. The quantitative estimate of drug-likeness (QED) is 0.345. The summed E-state index contributed by atoms with van der Waals surface area (Å²) in [7, 11) is 0. The molecule has 0 bridgehead atoms. The number of hydrogen-bond acceptors (Lipinski definition) is 5. The van der Waals surface area contributed by atoms with Crippen molar-refractivity contribution >= 4 is 12.6 Å². The zero-order valence-electron chi connectivity index (χ0n) is 11.6. The Hall–Kier alpha value is -0.780. The summed E-state index contributed by atoms with van der Waals surface area (Å²) < 4.78 is 11.1. The summed E-state index contributed by atoms with van der Waals surface area (Å²) in [5.74, 6) is 0. The Kier molecular flexibility index (Phi) is 7.98. The molecule has 0 aliphatic carbocycles. The van der Waals surface area contributed by atoms with Crippen molar-refractivity contribution in [3.8, 4) is 0 Å². The van der Waals surface area contributed by atoms with Gasteiger partial charge in [0.2, 0.25) is 0 Å². The van der Waals surface area contributed by atoms with Crippen LogP contribution in [0.4, 0.5) is 0 Å². The number of rotatable bonds is 11. The van der Waals surface area contributed by atoms with Crippen LogP contribution < -0.4 is 5.73 Å². The second-order valence-corrected chi connectivity index (χ2v) is 5.18. The van der Waals surface area contributed by atoms with Crippen LogP contribution in [0.2, 0.25) is 0 Å². The number of carbonyl (C=O) groups excluding carboxylic acids is 2. The smallest absolute Gasteiger partial charge is 0.122 e. The van der Waals surface area contributed by atoms with Crippen LogP contribution in [0.5, 0.6) is 0 Å². The summed E-state index contributed by atoms with van der Waals surface area (Å²) >= 11 is 0. The summed E-state index contributed by atoms with van der Waals surface area (Å²) in [6, 6.07) is 0. The lowest BCUT2D eigenvalue weighted by Crippen LogP contribution is -2.41. The molecule has 0 aromatic carbocycles. The van der Waals surface area contributed by atoms with Crippen LogP contribution in [0.3, 0.4) is 0 Å². The number of ether oxygens (including phenoxy) is 2. The van der Waals surface area contributed by atoms with Gasteiger partial charge in [-0.25, -0.2) is 0 Å². The molecular weight excluding hydrogens is 234 g/mol. The van der Waals surface area contributed by atoms with Gasteiger partial charge >= 0.3 is 0 Å². The molecule has 18 heavy (non-hydrogen) atoms. The van der Waals surface area contributed by atoms with Crippen LogP contribution >= 0.6 is 0 Å². The van der Waals surface area contributed by atoms with Crippen molar-refractivity contribution in [3.63, 3.8) is 0 Å². The Labute approximate surface area is 109 Å². The summed E-state index contributed by atoms with van der Waals surface area (Å²) in [5, 5.41) is 0. The summed E-state index contributed by atoms with van der Waals surface area (Å²) in [6.07, 6.45) is 3.75. The highest BCUT2D eigenvalue weighted by molar-refractivity contribution is 5.49. The van der Waals surface area contributed by atoms with Crippen LogP contribution in [0.25, 0.3) is 0 Å². The van der Waals surface area contributed by atoms with Gasteiger partial charge in [-0.05, 0) is 27.2 Å². The van der Waals surface area contributed by atoms with E-state index in [1.807, 2.05) is 13.8 Å². The molecule has 0 amide bonds. The Morgan fingerprint density at radius 1 is 0.944 bits per heavy atom. The molecule has 0 radical (unpaired) electrons. The minimum Gasteiger partial charge on any atom is -0.375 e. The first-order valence-corrected chi connectivity index (χ1v) is 6.27. The normalized spacial score (nSPS) is 15.1. The van der Waals surface area contributed by atoms with Crippen LogP contribution in [-0.4, -0.2) is 37.1 Å². The first-order chi connectivity index (χ1) is 8.33. The number of nitrogens with two attached hydrogens (primary N) is 1. The number of hydrogen-bond donors (Lipinski definition) is 1. The lowest BCUT2D eigenvalue weighted by atomic mass is 10.0. The van der Waals surface area contributed by atoms with Gasteiger partial charge in [0.05, 0.1) is 18.8 Å². The zero-order chi connectivity index (χ0) is 14.1. The van der Waals surface area contributed by atoms with Gasteiger partial charge in [0, 0.05) is 19.3 Å². The van der Waals surface area contributed by atoms with Gasteiger partial charge in [-0.15, -0.1) is 0 Å². The molecule has 0 rings (SSSR count). The third-order valence-corrected chi connectivity index (χ3v) is 2.62. The van der Waals surface area contributed by atoms with Crippen molar-refractivity contribution in [2.45, 2.75) is 57.8 Å². The SMILES string of the molecule is CC(C)(CCC=O)OCCC(C)(N)OCCC=O. The van der Waals surface area contributed by atoms with Gasteiger partial charge in [-0.2, -0.15) is 0 Å². The van der Waals surface area contributed by atoms with E-state index in [0.29, 0.717) is 38.9 Å². The van der Waals surface area contributed by atoms with Gasteiger partial charge in [0.25, 0.3) is 0 Å². The van der Waals surface area contributed by atoms with E-state index in [1.54, 1.807) is 6.92 Å². The number of aldehydes is 2. The Morgan fingerprint density at radius 2 is 1.56 bits per heavy atom. The van der Waals surface area contributed by atoms with E-state index in [-0.39, 0.29) is 5.60 Å². The highest BCUT2D eigenvalue weighted by Crippen LogP contribution is 2.18. The summed E-state index contributed by atoms with van der Waals surface area (Å²) in [4.78, 5) is 20.5. The van der Waals surface area contributed by atoms with E-state index in [4.69, 9.17) is 15.2 Å². The van der Waals surface area contributed by atoms with Crippen molar-refractivity contribution in [2.24, 2.45) is 5.73 Å². The van der Waals surface area contributed by atoms with Gasteiger partial charge < -0.3 is 24.8 Å². The van der Waals surface area contributed by atoms with E-state index in [1.165, 1.54) is 0 Å². The topological polar surface area (TPSA) is 78.6 Å². The molecule has 0 saturated carbocycles. The average Bonchev–Trinajstić information content (AvgIpc) is 2.26. The van der Waals surface area contributed by atoms with Gasteiger partial charge in [-0.1, -0.05) is 0 Å². The largest absolute Gasteiger partial charge is 0.375 e. The fourth-order valence-corrected chi connectivity index (χ4v) is 1.42. The maximum absolute atomic E-state index is 10.3. The Bertz CT molecular complexity index is 251. The molecule has 5 nitrogen and oxygen atoms in total. The maximum Gasteiger partial charge on any atom is 0.122 e. The number of carbonyl (C=O) groups is 2. The van der Waals surface area contributed by atoms with Crippen molar-refractivity contribution in [1.29, 1.82) is 0 Å². The van der Waals surface area contributed by atoms with Crippen molar-refractivity contribution in [1.82, 2.24) is 0 Å². The molecule has 0 fully saturated rings. The van der Waals surface area contributed by atoms with Crippen molar-refractivity contribution in [3.05, 3.63) is 0 Å². The standard InChI is InChI=1S/C13H25NO4/c1-12(2,6-4-8-15)17-11-7-13(3,14)18-10-5-9-16/h8-9H,4-7,10-11,14H2,1-3H3. The summed E-state index contributed by atoms with van der Waals surface area (Å²) in [6.45, 7) is 6.43. The minimum absolute atomic E-state index is 0.324. The second-order valence-electron chi connectivity index (χ2n) is 5.18. The van der Waals surface area contributed by atoms with Gasteiger partial charge in [-0.3, -0.25) is 0 Å². The Morgan fingerprint density at radius 3 is 2.11 bits per heavy atom. The summed E-state index contributed by atoms with van der Waals surface area (Å²) in [5.41, 5.74) is 4.79. The molecule has 0 spiro atoms. The van der Waals surface area contributed by atoms with Crippen LogP contribution in [0, 0.1) is 0 Å². The molecule has 0 aromatic rings. The van der Waals surface area contributed by atoms with E-state index in [0.717, 1.165) is 12.6 Å². The van der Waals surface area contributed by atoms with E-state index < -0.39 is 5.72 Å². The maximum atomic E-state index is 10.3. The molecule has 0 aliphatic heterocycles. The van der Waals surface area contributed by atoms with Crippen molar-refractivity contribution in [2.75, 3.05) is 13.2 Å². The van der Waals surface area contributed by atoms with Crippen molar-refractivity contribution < 1.29 is 19.1 Å². The lowest BCUT2D eigenvalue weighted by Gasteiger charge is -2.29. The first-order valence-electron chi connectivity index (χ1n) is 6.27. The molecule has 0 saturated heterocycles. The molecule has 1 atom stereocenters. The zero-order valence-corrected chi connectivity index (χ0v) is 11.6. The molecule has 0 aromatic heterocycles. The van der Waals surface area contributed by atoms with Crippen LogP contribution in [0.15, 0.2) is 0 Å². The predicted molar refractivity (Wildman–Crippen MR) is 69.2 cm³/mol. The minimum atomic E-state index is -0.788. The molecule has 2 N–H and O–H groups in total.